The first-order valence-corrected chi connectivity index (χ1v) is 9.32. The number of amides is 1. The number of nitrogens with zero attached hydrogens (tertiary/aromatic N) is 1. The molecule has 0 bridgehead atoms. The van der Waals surface area contributed by atoms with Crippen LogP contribution in [0.25, 0.3) is 0 Å². The lowest BCUT2D eigenvalue weighted by Gasteiger charge is -2.10. The molecule has 0 aliphatic heterocycles. The number of carbonyl (C=O) groups excluding carboxylic acids is 1. The molecule has 0 atom stereocenters. The van der Waals surface area contributed by atoms with Gasteiger partial charge in [0.15, 0.2) is 0 Å². The highest BCUT2D eigenvalue weighted by Gasteiger charge is 2.05. The van der Waals surface area contributed by atoms with Crippen molar-refractivity contribution in [3.05, 3.63) is 84.2 Å². The van der Waals surface area contributed by atoms with Crippen molar-refractivity contribution in [2.45, 2.75) is 26.4 Å². The Kier molecular flexibility index (Phi) is 7.01. The van der Waals surface area contributed by atoms with Crippen LogP contribution in [0.2, 0.25) is 0 Å². The Hall–Kier alpha value is -3.34. The predicted molar refractivity (Wildman–Crippen MR) is 110 cm³/mol. The van der Waals surface area contributed by atoms with Gasteiger partial charge in [-0.2, -0.15) is 0 Å². The van der Waals surface area contributed by atoms with Gasteiger partial charge < -0.3 is 14.8 Å². The van der Waals surface area contributed by atoms with Crippen LogP contribution in [-0.2, 0) is 11.4 Å². The summed E-state index contributed by atoms with van der Waals surface area (Å²) in [4.78, 5) is 16.4. The number of hydrogen-bond acceptors (Lipinski definition) is 4. The van der Waals surface area contributed by atoms with E-state index in [0.29, 0.717) is 37.5 Å². The molecule has 2 aromatic carbocycles. The summed E-state index contributed by atoms with van der Waals surface area (Å²) in [5.74, 6) is 1.50. The Morgan fingerprint density at radius 2 is 1.86 bits per heavy atom. The van der Waals surface area contributed by atoms with Gasteiger partial charge in [-0.05, 0) is 49.2 Å². The minimum Gasteiger partial charge on any atom is -0.493 e. The number of benzene rings is 2. The number of nitrogens with one attached hydrogen (secondary N) is 1. The number of aryl methyl sites for hydroxylation is 1. The highest BCUT2D eigenvalue weighted by molar-refractivity contribution is 5.90. The fourth-order valence-corrected chi connectivity index (χ4v) is 2.66. The van der Waals surface area contributed by atoms with Gasteiger partial charge in [0, 0.05) is 24.4 Å². The van der Waals surface area contributed by atoms with Crippen LogP contribution < -0.4 is 14.8 Å². The van der Waals surface area contributed by atoms with Gasteiger partial charge >= 0.3 is 0 Å². The zero-order valence-corrected chi connectivity index (χ0v) is 15.9. The molecule has 1 heterocycles. The molecule has 1 N–H and O–H groups in total. The molecule has 5 heteroatoms. The molecule has 1 amide bonds. The van der Waals surface area contributed by atoms with Crippen molar-refractivity contribution in [2.75, 3.05) is 11.9 Å². The Balaban J connectivity index is 1.42. The van der Waals surface area contributed by atoms with Gasteiger partial charge in [0.25, 0.3) is 0 Å². The summed E-state index contributed by atoms with van der Waals surface area (Å²) in [7, 11) is 0. The number of anilines is 1. The molecule has 3 rings (SSSR count). The van der Waals surface area contributed by atoms with Gasteiger partial charge in [0.1, 0.15) is 18.1 Å². The van der Waals surface area contributed by atoms with E-state index in [1.54, 1.807) is 6.20 Å². The maximum Gasteiger partial charge on any atom is 0.224 e. The van der Waals surface area contributed by atoms with Crippen LogP contribution in [0.1, 0.15) is 24.1 Å². The van der Waals surface area contributed by atoms with Crippen LogP contribution in [0.4, 0.5) is 5.69 Å². The summed E-state index contributed by atoms with van der Waals surface area (Å²) < 4.78 is 11.5. The van der Waals surface area contributed by atoms with Gasteiger partial charge in [-0.1, -0.05) is 30.3 Å². The third kappa shape index (κ3) is 6.13. The zero-order valence-electron chi connectivity index (χ0n) is 15.9. The first-order chi connectivity index (χ1) is 13.7. The van der Waals surface area contributed by atoms with Gasteiger partial charge in [-0.3, -0.25) is 9.78 Å². The predicted octanol–water partition coefficient (Wildman–Crippen LogP) is 4.77. The normalized spacial score (nSPS) is 10.3. The first kappa shape index (κ1) is 19.4. The van der Waals surface area contributed by atoms with Crippen LogP contribution >= 0.6 is 0 Å². The van der Waals surface area contributed by atoms with Crippen molar-refractivity contribution in [1.29, 1.82) is 0 Å². The standard InChI is InChI=1S/C23H24N2O3/c1-18-8-2-3-12-22(18)27-15-7-13-23(26)25-19-10-6-11-21(16-19)28-17-20-9-4-5-14-24-20/h2-6,8-12,14,16H,7,13,15,17H2,1H3,(H,25,26). The number of para-hydroxylation sites is 1. The summed E-state index contributed by atoms with van der Waals surface area (Å²) in [6.45, 7) is 2.89. The number of rotatable bonds is 9. The second-order valence-electron chi connectivity index (χ2n) is 6.40. The lowest BCUT2D eigenvalue weighted by atomic mass is 10.2. The molecule has 1 aromatic heterocycles. The molecule has 0 fully saturated rings. The summed E-state index contributed by atoms with van der Waals surface area (Å²) >= 11 is 0. The smallest absolute Gasteiger partial charge is 0.224 e. The maximum absolute atomic E-state index is 12.2. The minimum absolute atomic E-state index is 0.0461. The maximum atomic E-state index is 12.2. The number of hydrogen-bond donors (Lipinski definition) is 1. The quantitative estimate of drug-likeness (QED) is 0.547. The topological polar surface area (TPSA) is 60.5 Å². The average molecular weight is 376 g/mol. The minimum atomic E-state index is -0.0461. The lowest BCUT2D eigenvalue weighted by molar-refractivity contribution is -0.116. The van der Waals surface area contributed by atoms with E-state index in [4.69, 9.17) is 9.47 Å². The number of pyridine rings is 1. The van der Waals surface area contributed by atoms with Gasteiger partial charge in [0.2, 0.25) is 5.91 Å². The van der Waals surface area contributed by atoms with Gasteiger partial charge in [0.05, 0.1) is 12.3 Å². The summed E-state index contributed by atoms with van der Waals surface area (Å²) in [6.07, 6.45) is 2.78. The highest BCUT2D eigenvalue weighted by atomic mass is 16.5. The van der Waals surface area contributed by atoms with Crippen LogP contribution in [0, 0.1) is 6.92 Å². The fourth-order valence-electron chi connectivity index (χ4n) is 2.66. The molecular formula is C23H24N2O3. The van der Waals surface area contributed by atoms with Crippen molar-refractivity contribution in [3.63, 3.8) is 0 Å². The molecule has 0 aliphatic carbocycles. The Morgan fingerprint density at radius 3 is 2.68 bits per heavy atom. The molecule has 5 nitrogen and oxygen atoms in total. The summed E-state index contributed by atoms with van der Waals surface area (Å²) in [5.41, 5.74) is 2.66. The molecule has 0 saturated heterocycles. The number of aromatic nitrogens is 1. The Morgan fingerprint density at radius 1 is 1.00 bits per heavy atom. The second kappa shape index (κ2) is 10.1. The van der Waals surface area contributed by atoms with Gasteiger partial charge in [-0.25, -0.2) is 0 Å². The molecule has 3 aromatic rings. The number of ether oxygens (including phenoxy) is 2. The van der Waals surface area contributed by atoms with E-state index in [0.717, 1.165) is 17.0 Å². The van der Waals surface area contributed by atoms with Crippen LogP contribution in [0.15, 0.2) is 72.9 Å². The molecule has 0 radical (unpaired) electrons. The van der Waals surface area contributed by atoms with E-state index >= 15 is 0 Å². The second-order valence-corrected chi connectivity index (χ2v) is 6.40. The molecule has 0 aliphatic rings. The van der Waals surface area contributed by atoms with Crippen molar-refractivity contribution < 1.29 is 14.3 Å². The van der Waals surface area contributed by atoms with Crippen molar-refractivity contribution in [2.24, 2.45) is 0 Å². The van der Waals surface area contributed by atoms with E-state index < -0.39 is 0 Å². The molecule has 144 valence electrons. The van der Waals surface area contributed by atoms with E-state index in [-0.39, 0.29) is 5.91 Å². The molecule has 0 spiro atoms. The first-order valence-electron chi connectivity index (χ1n) is 9.32. The van der Waals surface area contributed by atoms with Crippen molar-refractivity contribution >= 4 is 11.6 Å². The highest BCUT2D eigenvalue weighted by Crippen LogP contribution is 2.19. The Bertz CT molecular complexity index is 897. The zero-order chi connectivity index (χ0) is 19.6. The SMILES string of the molecule is Cc1ccccc1OCCCC(=O)Nc1cccc(OCc2ccccn2)c1. The molecular weight excluding hydrogens is 352 g/mol. The van der Waals surface area contributed by atoms with Crippen molar-refractivity contribution in [1.82, 2.24) is 4.98 Å². The van der Waals surface area contributed by atoms with Crippen molar-refractivity contribution in [3.8, 4) is 11.5 Å². The van der Waals surface area contributed by atoms with E-state index in [2.05, 4.69) is 10.3 Å². The third-order valence-electron chi connectivity index (χ3n) is 4.13. The molecule has 28 heavy (non-hydrogen) atoms. The van der Waals surface area contributed by atoms with E-state index in [9.17, 15) is 4.79 Å². The van der Waals surface area contributed by atoms with E-state index in [1.165, 1.54) is 0 Å². The lowest BCUT2D eigenvalue weighted by Crippen LogP contribution is -2.13. The molecule has 0 unspecified atom stereocenters. The molecule has 0 saturated carbocycles. The van der Waals surface area contributed by atoms with Crippen LogP contribution in [0.5, 0.6) is 11.5 Å². The monoisotopic (exact) mass is 376 g/mol. The van der Waals surface area contributed by atoms with Crippen LogP contribution in [-0.4, -0.2) is 17.5 Å². The summed E-state index contributed by atoms with van der Waals surface area (Å²) in [5, 5.41) is 2.90. The Labute approximate surface area is 165 Å². The average Bonchev–Trinajstić information content (AvgIpc) is 2.72. The van der Waals surface area contributed by atoms with Crippen LogP contribution in [0.3, 0.4) is 0 Å². The fraction of sp³-hybridized carbons (Fsp3) is 0.217. The van der Waals surface area contributed by atoms with Gasteiger partial charge in [-0.15, -0.1) is 0 Å². The van der Waals surface area contributed by atoms with E-state index in [1.807, 2.05) is 73.7 Å². The summed E-state index contributed by atoms with van der Waals surface area (Å²) in [6, 6.07) is 20.9. The third-order valence-corrected chi connectivity index (χ3v) is 4.13. The largest absolute Gasteiger partial charge is 0.493 e. The number of carbonyl (C=O) groups is 1.